The SMILES string of the molecule is CO[C@@H]1C=CO[C@@]2(C)Oc3c(C)c(O)c4c(O)c(c(C=NN(C)C56CC7CC(CC(C7)C5)C6)c(O)c4c3C2=O)NC(=O)C(C)=CC=C[C@H](C)[C@H](O)[C@H](C)[C@H](O)[C@H](C)[C@@H](OC(C)=O)[C@H]1C. The van der Waals surface area contributed by atoms with Crippen molar-refractivity contribution in [3.8, 4) is 23.0 Å². The number of hydrogen-bond acceptors (Lipinski definition) is 14. The van der Waals surface area contributed by atoms with Crippen LogP contribution in [0.4, 0.5) is 5.69 Å². The number of nitrogens with one attached hydrogen (secondary N) is 1. The van der Waals surface area contributed by atoms with Crippen LogP contribution in [-0.2, 0) is 23.8 Å². The van der Waals surface area contributed by atoms with Gasteiger partial charge < -0.3 is 49.8 Å². The summed E-state index contributed by atoms with van der Waals surface area (Å²) >= 11 is 0. The van der Waals surface area contributed by atoms with Crippen LogP contribution in [0.15, 0.2) is 41.2 Å². The van der Waals surface area contributed by atoms with Gasteiger partial charge in [-0.2, -0.15) is 5.10 Å². The van der Waals surface area contributed by atoms with Gasteiger partial charge in [0.1, 0.15) is 23.4 Å². The Labute approximate surface area is 374 Å². The molecule has 348 valence electrons. The normalized spacial score (nSPS) is 35.4. The minimum absolute atomic E-state index is 0.0690. The molecule has 4 aliphatic carbocycles. The van der Waals surface area contributed by atoms with E-state index in [0.717, 1.165) is 19.3 Å². The number of esters is 1. The standard InChI is InChI=1S/C49H65N3O12/c1-23-12-11-13-24(2)47(60)51-38-33(22-50-52(9)49-19-30-16-31(20-49)18-32(17-30)21-49)42(57)35-36(43(38)58)41(56)28(6)45-37(35)46(59)48(8,64-45)62-15-14-34(61-10)25(3)44(63-29(7)53)27(5)40(55)26(4)39(23)54/h11-15,22-23,25-27,30-32,34,39-40,44,54-58H,16-21H2,1-10H3,(H,51,60)/t23-,25-,26-,27-,30?,31?,32?,34+,39-,40-,44-,48-,49?/m0/s1. The first-order valence-corrected chi connectivity index (χ1v) is 22.5. The second-order valence-corrected chi connectivity index (χ2v) is 19.5. The summed E-state index contributed by atoms with van der Waals surface area (Å²) in [5.41, 5.74) is -0.421. The zero-order chi connectivity index (χ0) is 46.7. The molecule has 4 fully saturated rings. The van der Waals surface area contributed by atoms with Gasteiger partial charge in [0, 0.05) is 68.2 Å². The summed E-state index contributed by atoms with van der Waals surface area (Å²) in [6.07, 6.45) is 11.7. The van der Waals surface area contributed by atoms with Gasteiger partial charge in [0.2, 0.25) is 0 Å². The quantitative estimate of drug-likeness (QED) is 0.0588. The molecule has 3 aliphatic heterocycles. The third-order valence-electron chi connectivity index (χ3n) is 15.1. The molecule has 2 aromatic carbocycles. The monoisotopic (exact) mass is 887 g/mol. The van der Waals surface area contributed by atoms with E-state index >= 15 is 0 Å². The molecular formula is C49H65N3O12. The van der Waals surface area contributed by atoms with Gasteiger partial charge in [-0.05, 0) is 76.2 Å². The molecule has 9 bridgehead atoms. The van der Waals surface area contributed by atoms with E-state index in [1.807, 2.05) is 12.1 Å². The fourth-order valence-electron chi connectivity index (χ4n) is 11.6. The van der Waals surface area contributed by atoms with E-state index in [2.05, 4.69) is 5.32 Å². The summed E-state index contributed by atoms with van der Waals surface area (Å²) in [6.45, 7) is 12.6. The largest absolute Gasteiger partial charge is 0.507 e. The third-order valence-corrected chi connectivity index (χ3v) is 15.1. The molecule has 0 aromatic heterocycles. The fraction of sp³-hybridized carbons (Fsp3) is 0.592. The van der Waals surface area contributed by atoms with Crippen molar-refractivity contribution >= 4 is 40.3 Å². The van der Waals surface area contributed by atoms with Gasteiger partial charge in [-0.3, -0.25) is 19.4 Å². The van der Waals surface area contributed by atoms with Crippen LogP contribution in [0.2, 0.25) is 0 Å². The number of carbonyl (C=O) groups is 3. The van der Waals surface area contributed by atoms with Gasteiger partial charge in [-0.25, -0.2) is 0 Å². The Bertz CT molecular complexity index is 2280. The average molecular weight is 888 g/mol. The molecule has 15 nitrogen and oxygen atoms in total. The van der Waals surface area contributed by atoms with E-state index in [4.69, 9.17) is 24.0 Å². The van der Waals surface area contributed by atoms with Crippen LogP contribution in [0.1, 0.15) is 108 Å². The third kappa shape index (κ3) is 8.23. The van der Waals surface area contributed by atoms with Crippen LogP contribution in [0, 0.1) is 48.3 Å². The average Bonchev–Trinajstić information content (AvgIpc) is 3.51. The summed E-state index contributed by atoms with van der Waals surface area (Å²) in [4.78, 5) is 41.0. The van der Waals surface area contributed by atoms with Crippen molar-refractivity contribution in [2.45, 2.75) is 130 Å². The highest BCUT2D eigenvalue weighted by Gasteiger charge is 2.53. The van der Waals surface area contributed by atoms with Gasteiger partial charge in [0.15, 0.2) is 5.75 Å². The number of aromatic hydroxyl groups is 3. The summed E-state index contributed by atoms with van der Waals surface area (Å²) in [5.74, 6) is -6.36. The number of Topliss-reactive ketones (excluding diaryl/α,β-unsaturated/α-hetero) is 1. The van der Waals surface area contributed by atoms with Crippen molar-refractivity contribution in [2.75, 3.05) is 19.5 Å². The Morgan fingerprint density at radius 2 is 1.53 bits per heavy atom. The molecule has 9 atom stereocenters. The molecule has 0 unspecified atom stereocenters. The molecule has 9 rings (SSSR count). The van der Waals surface area contributed by atoms with Crippen molar-refractivity contribution < 1.29 is 58.9 Å². The zero-order valence-corrected chi connectivity index (χ0v) is 38.5. The lowest BCUT2D eigenvalue weighted by Crippen LogP contribution is -2.57. The van der Waals surface area contributed by atoms with Crippen LogP contribution in [-0.4, -0.2) is 104 Å². The number of hydrogen-bond donors (Lipinski definition) is 6. The van der Waals surface area contributed by atoms with Gasteiger partial charge in [-0.1, -0.05) is 45.9 Å². The lowest BCUT2D eigenvalue weighted by Gasteiger charge is -2.59. The van der Waals surface area contributed by atoms with E-state index < -0.39 is 88.8 Å². The minimum atomic E-state index is -2.04. The smallest absolute Gasteiger partial charge is 0.312 e. The molecule has 6 N–H and O–H groups in total. The van der Waals surface area contributed by atoms with Gasteiger partial charge in [0.05, 0.1) is 58.5 Å². The van der Waals surface area contributed by atoms with Crippen LogP contribution < -0.4 is 10.1 Å². The summed E-state index contributed by atoms with van der Waals surface area (Å²) in [7, 11) is 3.36. The van der Waals surface area contributed by atoms with Gasteiger partial charge >= 0.3 is 11.8 Å². The second kappa shape index (κ2) is 17.7. The number of ether oxygens (including phenoxy) is 4. The van der Waals surface area contributed by atoms with E-state index in [1.54, 1.807) is 46.8 Å². The number of nitrogens with zero attached hydrogens (tertiary/aromatic N) is 2. The number of anilines is 1. The maximum atomic E-state index is 14.6. The van der Waals surface area contributed by atoms with Crippen molar-refractivity contribution in [2.24, 2.45) is 46.5 Å². The first-order valence-electron chi connectivity index (χ1n) is 22.5. The molecule has 2 aromatic rings. The Morgan fingerprint density at radius 3 is 2.12 bits per heavy atom. The maximum Gasteiger partial charge on any atom is 0.312 e. The predicted octanol–water partition coefficient (Wildman–Crippen LogP) is 6.99. The molecule has 0 radical (unpaired) electrons. The molecule has 64 heavy (non-hydrogen) atoms. The zero-order valence-electron chi connectivity index (χ0n) is 38.5. The Balaban J connectivity index is 1.37. The molecular weight excluding hydrogens is 823 g/mol. The highest BCUT2D eigenvalue weighted by Crippen LogP contribution is 2.58. The first kappa shape index (κ1) is 46.9. The van der Waals surface area contributed by atoms with E-state index in [1.165, 1.54) is 71.8 Å². The topological polar surface area (TPSA) is 217 Å². The van der Waals surface area contributed by atoms with Crippen LogP contribution in [0.5, 0.6) is 23.0 Å². The molecule has 4 saturated carbocycles. The molecule has 15 heteroatoms. The number of ketones is 1. The maximum absolute atomic E-state index is 14.6. The Hall–Kier alpha value is -5.12. The van der Waals surface area contributed by atoms with Gasteiger partial charge in [-0.15, -0.1) is 0 Å². The Kier molecular flexibility index (Phi) is 13.0. The fourth-order valence-corrected chi connectivity index (χ4v) is 11.6. The Morgan fingerprint density at radius 1 is 0.906 bits per heavy atom. The van der Waals surface area contributed by atoms with Crippen LogP contribution in [0.3, 0.4) is 0 Å². The number of rotatable bonds is 5. The minimum Gasteiger partial charge on any atom is -0.507 e. The number of carbonyl (C=O) groups excluding carboxylic acids is 3. The highest BCUT2D eigenvalue weighted by atomic mass is 16.7. The number of amides is 1. The number of hydrazone groups is 1. The molecule has 0 spiro atoms. The number of aliphatic hydroxyl groups excluding tert-OH is 2. The highest BCUT2D eigenvalue weighted by molar-refractivity contribution is 6.23. The summed E-state index contributed by atoms with van der Waals surface area (Å²) in [6, 6.07) is 0. The summed E-state index contributed by atoms with van der Waals surface area (Å²) in [5, 5.41) is 68.3. The number of fused-ring (bicyclic) bond motifs is 14. The molecule has 7 aliphatic rings. The molecule has 3 heterocycles. The first-order chi connectivity index (χ1) is 30.1. The van der Waals surface area contributed by atoms with Crippen LogP contribution in [0.25, 0.3) is 10.8 Å². The summed E-state index contributed by atoms with van der Waals surface area (Å²) < 4.78 is 23.8. The van der Waals surface area contributed by atoms with E-state index in [9.17, 15) is 39.9 Å². The van der Waals surface area contributed by atoms with Crippen molar-refractivity contribution in [1.82, 2.24) is 5.01 Å². The predicted molar refractivity (Wildman–Crippen MR) is 240 cm³/mol. The van der Waals surface area contributed by atoms with Crippen molar-refractivity contribution in [3.05, 3.63) is 52.8 Å². The second-order valence-electron chi connectivity index (χ2n) is 19.5. The lowest BCUT2D eigenvalue weighted by atomic mass is 9.53. The van der Waals surface area contributed by atoms with Crippen molar-refractivity contribution in [1.29, 1.82) is 0 Å². The lowest BCUT2D eigenvalue weighted by molar-refractivity contribution is -0.160. The van der Waals surface area contributed by atoms with Crippen LogP contribution >= 0.6 is 0 Å². The molecule has 1 amide bonds. The van der Waals surface area contributed by atoms with Crippen molar-refractivity contribution in [3.63, 3.8) is 0 Å². The number of benzene rings is 2. The number of phenolic OH excluding ortho intramolecular Hbond substituents is 3. The van der Waals surface area contributed by atoms with Gasteiger partial charge in [0.25, 0.3) is 11.7 Å². The number of methoxy groups -OCH3 is 1. The number of allylic oxidation sites excluding steroid dienone is 2. The van der Waals surface area contributed by atoms with E-state index in [0.29, 0.717) is 17.8 Å². The van der Waals surface area contributed by atoms with E-state index in [-0.39, 0.29) is 50.0 Å². The number of phenols is 3. The number of aliphatic hydroxyl groups is 2. The molecule has 0 saturated heterocycles.